The van der Waals surface area contributed by atoms with Gasteiger partial charge in [-0.25, -0.2) is 9.98 Å². The fraction of sp³-hybridized carbons (Fsp3) is 0.679. The third kappa shape index (κ3) is 139. The van der Waals surface area contributed by atoms with Crippen molar-refractivity contribution < 1.29 is 79.2 Å². The van der Waals surface area contributed by atoms with Gasteiger partial charge in [-0.1, -0.05) is 0 Å². The summed E-state index contributed by atoms with van der Waals surface area (Å²) in [7, 11) is 4.12. The third-order valence-electron chi connectivity index (χ3n) is 3.51. The standard InChI is InChI=1S/C10H16N2O8.C8H17N3.C2H8N2.4C2H4O2.ClH/c13-7(14)3-11(4-8(15)16)1-2-12(5-9(17)18)6-10(19)20;1-4-9-8-10-6-5-7-11(2)3;3-1-2-4;4*1-2(3)4;/h1-6H2,(H,13,14)(H,15,16)(H,17,18)(H,19,20);4-7H2,1-3H3;1-4H2;4*1H3,(H,3,4);1H. The van der Waals surface area contributed by atoms with Crippen LogP contribution in [0.4, 0.5) is 0 Å². The van der Waals surface area contributed by atoms with Gasteiger partial charge in [0.2, 0.25) is 0 Å². The number of nitrogens with zero attached hydrogens (tertiary/aromatic N) is 5. The predicted octanol–water partition coefficient (Wildman–Crippen LogP) is -1.25. The summed E-state index contributed by atoms with van der Waals surface area (Å²) < 4.78 is 0. The molecule has 308 valence electrons. The topological polar surface area (TPSA) is 385 Å². The van der Waals surface area contributed by atoms with Gasteiger partial charge in [-0.3, -0.25) is 48.2 Å². The van der Waals surface area contributed by atoms with Gasteiger partial charge in [0, 0.05) is 60.4 Å². The molecule has 0 aromatic carbocycles. The summed E-state index contributed by atoms with van der Waals surface area (Å²) in [5, 5.41) is 64.1. The van der Waals surface area contributed by atoms with Crippen molar-refractivity contribution in [3.05, 3.63) is 0 Å². The Morgan fingerprint density at radius 3 is 0.962 bits per heavy atom. The van der Waals surface area contributed by atoms with Gasteiger partial charge in [-0.2, -0.15) is 0 Å². The molecule has 0 saturated heterocycles. The van der Waals surface area contributed by atoms with E-state index in [1.54, 1.807) is 0 Å². The van der Waals surface area contributed by atoms with Crippen LogP contribution in [0.25, 0.3) is 0 Å². The van der Waals surface area contributed by atoms with E-state index >= 15 is 0 Å². The van der Waals surface area contributed by atoms with Gasteiger partial charge < -0.3 is 57.2 Å². The van der Waals surface area contributed by atoms with E-state index in [1.165, 1.54) is 0 Å². The van der Waals surface area contributed by atoms with Gasteiger partial charge in [0.05, 0.1) is 38.7 Å². The average Bonchev–Trinajstić information content (AvgIpc) is 2.91. The molecule has 0 bridgehead atoms. The second-order valence-corrected chi connectivity index (χ2v) is 9.26. The molecule has 0 atom stereocenters. The zero-order valence-corrected chi connectivity index (χ0v) is 31.4. The Balaban J connectivity index is -0.0000000843. The highest BCUT2D eigenvalue weighted by atomic mass is 35.5. The molecule has 0 aliphatic carbocycles. The van der Waals surface area contributed by atoms with E-state index in [0.717, 1.165) is 63.5 Å². The second kappa shape index (κ2) is 50.6. The Morgan fingerprint density at radius 1 is 0.538 bits per heavy atom. The van der Waals surface area contributed by atoms with Crippen molar-refractivity contribution in [1.29, 1.82) is 0 Å². The van der Waals surface area contributed by atoms with Crippen LogP contribution >= 0.6 is 12.4 Å². The summed E-state index contributed by atoms with van der Waals surface area (Å²) in [5.41, 5.74) is 9.81. The Hall–Kier alpha value is -4.77. The molecule has 0 saturated carbocycles. The molecule has 0 aliphatic heterocycles. The quantitative estimate of drug-likeness (QED) is 0.0608. The highest BCUT2D eigenvalue weighted by molar-refractivity contribution is 5.85. The Kier molecular flexibility index (Phi) is 63.8. The Bertz CT molecular complexity index is 894. The molecule has 0 heterocycles. The maximum absolute atomic E-state index is 10.6. The maximum Gasteiger partial charge on any atom is 0.317 e. The van der Waals surface area contributed by atoms with Crippen molar-refractivity contribution in [2.24, 2.45) is 21.5 Å². The third-order valence-corrected chi connectivity index (χ3v) is 3.51. The van der Waals surface area contributed by atoms with Crippen molar-refractivity contribution in [3.8, 4) is 0 Å². The highest BCUT2D eigenvalue weighted by Gasteiger charge is 2.18. The van der Waals surface area contributed by atoms with Crippen LogP contribution < -0.4 is 11.5 Å². The average molecular weight is 784 g/mol. The van der Waals surface area contributed by atoms with Gasteiger partial charge in [-0.05, 0) is 34.0 Å². The van der Waals surface area contributed by atoms with Crippen LogP contribution in [0.1, 0.15) is 41.0 Å². The number of nitrogens with two attached hydrogens (primary N) is 2. The molecular weight excluding hydrogens is 726 g/mol. The van der Waals surface area contributed by atoms with Crippen molar-refractivity contribution in [1.82, 2.24) is 14.7 Å². The Morgan fingerprint density at radius 2 is 0.788 bits per heavy atom. The lowest BCUT2D eigenvalue weighted by atomic mass is 10.4. The van der Waals surface area contributed by atoms with E-state index in [9.17, 15) is 19.2 Å². The molecule has 0 fully saturated rings. The number of hydrogen-bond donors (Lipinski definition) is 10. The first-order chi connectivity index (χ1) is 23.3. The van der Waals surface area contributed by atoms with Crippen LogP contribution in [0.5, 0.6) is 0 Å². The molecule has 23 nitrogen and oxygen atoms in total. The molecule has 52 heavy (non-hydrogen) atoms. The SMILES string of the molecule is CC(=O)O.CC(=O)O.CC(=O)O.CC(=O)O.CCN=C=NCCCN(C)C.Cl.NCCN.O=C(O)CN(CCN(CC(=O)O)CC(=O)O)CC(=O)O. The number of aliphatic imine (C=N–C) groups is 2. The predicted molar refractivity (Wildman–Crippen MR) is 190 cm³/mol. The van der Waals surface area contributed by atoms with E-state index < -0.39 is 73.9 Å². The van der Waals surface area contributed by atoms with E-state index in [1.807, 2.05) is 6.92 Å². The van der Waals surface area contributed by atoms with E-state index in [4.69, 9.17) is 71.5 Å². The molecule has 0 spiro atoms. The smallest absolute Gasteiger partial charge is 0.317 e. The van der Waals surface area contributed by atoms with Crippen molar-refractivity contribution in [2.75, 3.05) is 86.1 Å². The van der Waals surface area contributed by atoms with Crippen LogP contribution in [0, 0.1) is 0 Å². The van der Waals surface area contributed by atoms with Gasteiger partial charge in [0.15, 0.2) is 0 Å². The lowest BCUT2D eigenvalue weighted by Crippen LogP contribution is -2.43. The second-order valence-electron chi connectivity index (χ2n) is 9.26. The van der Waals surface area contributed by atoms with Crippen LogP contribution in [0.3, 0.4) is 0 Å². The molecule has 24 heteroatoms. The van der Waals surface area contributed by atoms with Crippen LogP contribution in [-0.2, 0) is 38.4 Å². The largest absolute Gasteiger partial charge is 0.481 e. The number of halogens is 1. The van der Waals surface area contributed by atoms with E-state index in [-0.39, 0.29) is 25.5 Å². The monoisotopic (exact) mass is 783 g/mol. The lowest BCUT2D eigenvalue weighted by molar-refractivity contribution is -0.145. The summed E-state index contributed by atoms with van der Waals surface area (Å²) in [6.45, 7) is 7.94. The maximum atomic E-state index is 10.6. The van der Waals surface area contributed by atoms with Gasteiger partial charge >= 0.3 is 23.9 Å². The van der Waals surface area contributed by atoms with Crippen molar-refractivity contribution in [2.45, 2.75) is 41.0 Å². The van der Waals surface area contributed by atoms with Crippen LogP contribution in [-0.4, -0.2) is 195 Å². The molecule has 0 rings (SSSR count). The van der Waals surface area contributed by atoms with Gasteiger partial charge in [-0.15, -0.1) is 12.4 Å². The minimum atomic E-state index is -1.23. The number of carboxylic acid groups (broad SMARTS) is 8. The summed E-state index contributed by atoms with van der Waals surface area (Å²) in [5.74, 6) is -8.24. The zero-order chi connectivity index (χ0) is 42.0. The van der Waals surface area contributed by atoms with E-state index in [0.29, 0.717) is 13.1 Å². The summed E-state index contributed by atoms with van der Waals surface area (Å²) in [6.07, 6.45) is 1.08. The number of carbonyl (C=O) groups is 8. The first-order valence-electron chi connectivity index (χ1n) is 14.5. The first-order valence-corrected chi connectivity index (χ1v) is 14.5. The number of aliphatic carboxylic acids is 8. The number of hydrogen-bond acceptors (Lipinski definition) is 15. The molecule has 12 N–H and O–H groups in total. The minimum absolute atomic E-state index is 0. The highest BCUT2D eigenvalue weighted by Crippen LogP contribution is 1.94. The molecule has 0 unspecified atom stereocenters. The summed E-state index contributed by atoms with van der Waals surface area (Å²) in [6, 6.07) is 2.64. The first kappa shape index (κ1) is 65.6. The lowest BCUT2D eigenvalue weighted by Gasteiger charge is -2.23. The molecule has 0 aromatic heterocycles. The van der Waals surface area contributed by atoms with Crippen LogP contribution in [0.15, 0.2) is 9.98 Å². The number of rotatable bonds is 17. The van der Waals surface area contributed by atoms with Gasteiger partial charge in [0.25, 0.3) is 23.9 Å². The fourth-order valence-electron chi connectivity index (χ4n) is 2.11. The molecule has 0 amide bonds. The fourth-order valence-corrected chi connectivity index (χ4v) is 2.11. The molecular formula is C28H58ClN7O16. The normalized spacial score (nSPS) is 8.62. The number of carboxylic acids is 8. The van der Waals surface area contributed by atoms with Gasteiger partial charge in [0.1, 0.15) is 0 Å². The summed E-state index contributed by atoms with van der Waals surface area (Å²) in [4.78, 5) is 90.4. The van der Waals surface area contributed by atoms with E-state index in [2.05, 4.69) is 35.0 Å². The molecule has 0 aromatic rings. The van der Waals surface area contributed by atoms with Crippen molar-refractivity contribution >= 4 is 66.2 Å². The van der Waals surface area contributed by atoms with Crippen LogP contribution in [0.2, 0.25) is 0 Å². The zero-order valence-electron chi connectivity index (χ0n) is 30.6. The Labute approximate surface area is 308 Å². The molecule has 0 radical (unpaired) electrons. The minimum Gasteiger partial charge on any atom is -0.481 e. The molecule has 0 aliphatic rings. The van der Waals surface area contributed by atoms with Crippen molar-refractivity contribution in [3.63, 3.8) is 0 Å². The summed E-state index contributed by atoms with van der Waals surface area (Å²) >= 11 is 0.